The summed E-state index contributed by atoms with van der Waals surface area (Å²) in [6.07, 6.45) is 2.82. The molecule has 2 aromatic rings. The van der Waals surface area contributed by atoms with Gasteiger partial charge in [-0.25, -0.2) is 0 Å². The molecule has 2 heterocycles. The number of hydrogen-bond acceptors (Lipinski definition) is 5. The van der Waals surface area contributed by atoms with Gasteiger partial charge in [-0.3, -0.25) is 0 Å². The van der Waals surface area contributed by atoms with Crippen molar-refractivity contribution in [3.05, 3.63) is 41.6 Å². The van der Waals surface area contributed by atoms with Crippen molar-refractivity contribution < 1.29 is 13.9 Å². The van der Waals surface area contributed by atoms with Crippen LogP contribution in [0.5, 0.6) is 5.75 Å². The zero-order chi connectivity index (χ0) is 15.4. The summed E-state index contributed by atoms with van der Waals surface area (Å²) >= 11 is 0. The van der Waals surface area contributed by atoms with E-state index in [4.69, 9.17) is 13.9 Å². The Morgan fingerprint density at radius 1 is 1.27 bits per heavy atom. The fraction of sp³-hybridized carbons (Fsp3) is 0.529. The van der Waals surface area contributed by atoms with E-state index in [0.717, 1.165) is 30.8 Å². The van der Waals surface area contributed by atoms with Crippen LogP contribution in [0.4, 0.5) is 0 Å². The Bertz CT molecular complexity index is 603. The summed E-state index contributed by atoms with van der Waals surface area (Å²) in [5, 5.41) is 8.37. The lowest BCUT2D eigenvalue weighted by Gasteiger charge is -2.18. The van der Waals surface area contributed by atoms with Crippen LogP contribution >= 0.6 is 0 Å². The van der Waals surface area contributed by atoms with Crippen molar-refractivity contribution >= 4 is 0 Å². The number of para-hydroxylation sites is 1. The van der Waals surface area contributed by atoms with Crippen molar-refractivity contribution in [3.8, 4) is 5.75 Å². The molecule has 5 heteroatoms. The molecule has 1 aromatic heterocycles. The minimum atomic E-state index is 0.138. The molecule has 0 aliphatic carbocycles. The Balaban J connectivity index is 1.72. The summed E-state index contributed by atoms with van der Waals surface area (Å²) in [5.74, 6) is 2.42. The molecule has 1 atom stereocenters. The lowest BCUT2D eigenvalue weighted by atomic mass is 10.0. The van der Waals surface area contributed by atoms with E-state index in [-0.39, 0.29) is 12.0 Å². The highest BCUT2D eigenvalue weighted by molar-refractivity contribution is 5.35. The van der Waals surface area contributed by atoms with Crippen LogP contribution in [0, 0.1) is 0 Å². The molecule has 1 saturated heterocycles. The number of hydrogen-bond donors (Lipinski definition) is 0. The van der Waals surface area contributed by atoms with E-state index in [0.29, 0.717) is 24.8 Å². The molecule has 0 N–H and O–H groups in total. The van der Waals surface area contributed by atoms with Gasteiger partial charge in [0.15, 0.2) is 0 Å². The first kappa shape index (κ1) is 15.0. The fourth-order valence-corrected chi connectivity index (χ4v) is 2.62. The second kappa shape index (κ2) is 6.92. The molecule has 0 spiro atoms. The van der Waals surface area contributed by atoms with Crippen LogP contribution in [-0.2, 0) is 11.2 Å². The molecule has 0 saturated carbocycles. The minimum Gasteiger partial charge on any atom is -0.491 e. The minimum absolute atomic E-state index is 0.138. The normalized spacial score (nSPS) is 18.6. The Kier molecular flexibility index (Phi) is 4.73. The van der Waals surface area contributed by atoms with Gasteiger partial charge < -0.3 is 13.9 Å². The first-order valence-electron chi connectivity index (χ1n) is 7.87. The standard InChI is InChI=1S/C17H22N2O3/c1-12(2)21-15-8-4-3-6-13(15)10-16-18-19-17(22-16)14-7-5-9-20-11-14/h3-4,6,8,12,14H,5,7,9-11H2,1-2H3. The average molecular weight is 302 g/mol. The monoisotopic (exact) mass is 302 g/mol. The molecule has 0 radical (unpaired) electrons. The molecule has 1 aliphatic rings. The Hall–Kier alpha value is -1.88. The molecule has 22 heavy (non-hydrogen) atoms. The molecular formula is C17H22N2O3. The van der Waals surface area contributed by atoms with Gasteiger partial charge in [-0.1, -0.05) is 18.2 Å². The SMILES string of the molecule is CC(C)Oc1ccccc1Cc1nnc(C2CCCOC2)o1. The highest BCUT2D eigenvalue weighted by Crippen LogP contribution is 2.26. The number of aromatic nitrogens is 2. The van der Waals surface area contributed by atoms with Crippen LogP contribution in [0.15, 0.2) is 28.7 Å². The number of ether oxygens (including phenoxy) is 2. The lowest BCUT2D eigenvalue weighted by Crippen LogP contribution is -2.15. The predicted octanol–water partition coefficient (Wildman–Crippen LogP) is 3.34. The van der Waals surface area contributed by atoms with Crippen molar-refractivity contribution in [1.29, 1.82) is 0 Å². The molecular weight excluding hydrogens is 280 g/mol. The summed E-state index contributed by atoms with van der Waals surface area (Å²) in [6.45, 7) is 5.54. The first-order chi connectivity index (χ1) is 10.7. The van der Waals surface area contributed by atoms with Crippen molar-refractivity contribution in [3.63, 3.8) is 0 Å². The van der Waals surface area contributed by atoms with E-state index in [1.165, 1.54) is 0 Å². The van der Waals surface area contributed by atoms with E-state index in [1.807, 2.05) is 38.1 Å². The van der Waals surface area contributed by atoms with Crippen molar-refractivity contribution in [2.45, 2.75) is 45.1 Å². The summed E-state index contributed by atoms with van der Waals surface area (Å²) < 4.78 is 17.1. The van der Waals surface area contributed by atoms with Crippen molar-refractivity contribution in [1.82, 2.24) is 10.2 Å². The van der Waals surface area contributed by atoms with Gasteiger partial charge in [-0.15, -0.1) is 10.2 Å². The summed E-state index contributed by atoms with van der Waals surface area (Å²) in [7, 11) is 0. The van der Waals surface area contributed by atoms with E-state index < -0.39 is 0 Å². The van der Waals surface area contributed by atoms with E-state index in [2.05, 4.69) is 10.2 Å². The molecule has 1 fully saturated rings. The molecule has 0 amide bonds. The van der Waals surface area contributed by atoms with E-state index in [9.17, 15) is 0 Å². The number of rotatable bonds is 5. The third-order valence-electron chi connectivity index (χ3n) is 3.67. The Morgan fingerprint density at radius 2 is 2.14 bits per heavy atom. The van der Waals surface area contributed by atoms with Gasteiger partial charge in [0.1, 0.15) is 5.75 Å². The van der Waals surface area contributed by atoms with Gasteiger partial charge in [0, 0.05) is 12.2 Å². The smallest absolute Gasteiger partial charge is 0.221 e. The van der Waals surface area contributed by atoms with Gasteiger partial charge in [0.25, 0.3) is 0 Å². The van der Waals surface area contributed by atoms with Crippen molar-refractivity contribution in [2.75, 3.05) is 13.2 Å². The molecule has 5 nitrogen and oxygen atoms in total. The molecule has 1 unspecified atom stereocenters. The molecule has 3 rings (SSSR count). The third kappa shape index (κ3) is 3.65. The van der Waals surface area contributed by atoms with Crippen LogP contribution in [0.25, 0.3) is 0 Å². The average Bonchev–Trinajstić information content (AvgIpc) is 2.98. The van der Waals surface area contributed by atoms with Crippen LogP contribution in [0.3, 0.4) is 0 Å². The zero-order valence-electron chi connectivity index (χ0n) is 13.1. The highest BCUT2D eigenvalue weighted by Gasteiger charge is 2.22. The third-order valence-corrected chi connectivity index (χ3v) is 3.67. The van der Waals surface area contributed by atoms with Crippen LogP contribution in [0.1, 0.15) is 50.0 Å². The van der Waals surface area contributed by atoms with E-state index in [1.54, 1.807) is 0 Å². The quantitative estimate of drug-likeness (QED) is 0.848. The first-order valence-corrected chi connectivity index (χ1v) is 7.87. The lowest BCUT2D eigenvalue weighted by molar-refractivity contribution is 0.0722. The van der Waals surface area contributed by atoms with Crippen LogP contribution in [0.2, 0.25) is 0 Å². The Labute approximate surface area is 130 Å². The van der Waals surface area contributed by atoms with E-state index >= 15 is 0 Å². The predicted molar refractivity (Wildman–Crippen MR) is 82.1 cm³/mol. The summed E-state index contributed by atoms with van der Waals surface area (Å²) in [6, 6.07) is 7.97. The number of nitrogens with zero attached hydrogens (tertiary/aromatic N) is 2. The maximum Gasteiger partial charge on any atom is 0.221 e. The fourth-order valence-electron chi connectivity index (χ4n) is 2.62. The van der Waals surface area contributed by atoms with Crippen LogP contribution in [-0.4, -0.2) is 29.5 Å². The summed E-state index contributed by atoms with van der Waals surface area (Å²) in [4.78, 5) is 0. The zero-order valence-corrected chi connectivity index (χ0v) is 13.1. The Morgan fingerprint density at radius 3 is 2.91 bits per heavy atom. The molecule has 0 bridgehead atoms. The van der Waals surface area contributed by atoms with Gasteiger partial charge in [0.2, 0.25) is 11.8 Å². The van der Waals surface area contributed by atoms with Gasteiger partial charge in [0.05, 0.1) is 25.0 Å². The van der Waals surface area contributed by atoms with Gasteiger partial charge in [-0.05, 0) is 32.8 Å². The molecule has 1 aromatic carbocycles. The van der Waals surface area contributed by atoms with Crippen LogP contribution < -0.4 is 4.74 Å². The molecule has 118 valence electrons. The van der Waals surface area contributed by atoms with Gasteiger partial charge in [-0.2, -0.15) is 0 Å². The topological polar surface area (TPSA) is 57.4 Å². The number of benzene rings is 1. The second-order valence-electron chi connectivity index (χ2n) is 5.90. The largest absolute Gasteiger partial charge is 0.491 e. The summed E-state index contributed by atoms with van der Waals surface area (Å²) in [5.41, 5.74) is 1.06. The molecule has 1 aliphatic heterocycles. The maximum atomic E-state index is 5.83. The maximum absolute atomic E-state index is 5.83. The second-order valence-corrected chi connectivity index (χ2v) is 5.90. The van der Waals surface area contributed by atoms with Gasteiger partial charge >= 0.3 is 0 Å². The van der Waals surface area contributed by atoms with Crippen molar-refractivity contribution in [2.24, 2.45) is 0 Å². The highest BCUT2D eigenvalue weighted by atomic mass is 16.5.